The van der Waals surface area contributed by atoms with Crippen molar-refractivity contribution in [1.29, 1.82) is 0 Å². The minimum absolute atomic E-state index is 0.179. The van der Waals surface area contributed by atoms with Gasteiger partial charge >= 0.3 is 0 Å². The van der Waals surface area contributed by atoms with Gasteiger partial charge < -0.3 is 19.3 Å². The maximum absolute atomic E-state index is 2.72. The summed E-state index contributed by atoms with van der Waals surface area (Å²) in [7, 11) is 0. The molecule has 4 heteroatoms. The van der Waals surface area contributed by atoms with Crippen molar-refractivity contribution in [3.05, 3.63) is 309 Å². The van der Waals surface area contributed by atoms with Crippen LogP contribution >= 0.6 is 0 Å². The van der Waals surface area contributed by atoms with Crippen molar-refractivity contribution >= 4 is 73.0 Å². The molecule has 0 atom stereocenters. The Morgan fingerprint density at radius 1 is 0.223 bits per heavy atom. The van der Waals surface area contributed by atoms with E-state index in [2.05, 4.69) is 346 Å². The van der Waals surface area contributed by atoms with Gasteiger partial charge in [-0.1, -0.05) is 213 Å². The van der Waals surface area contributed by atoms with E-state index >= 15 is 0 Å². The molecule has 2 aliphatic heterocycles. The average Bonchev–Trinajstić information content (AvgIpc) is 1.42. The van der Waals surface area contributed by atoms with Crippen LogP contribution in [-0.4, -0.2) is 4.57 Å². The molecule has 0 unspecified atom stereocenters. The van der Waals surface area contributed by atoms with Crippen LogP contribution in [0.4, 0.5) is 51.2 Å². The molecule has 13 aromatic rings. The second-order valence-corrected chi connectivity index (χ2v) is 30.5. The fourth-order valence-corrected chi connectivity index (χ4v) is 17.8. The highest BCUT2D eigenvalue weighted by Crippen LogP contribution is 2.61. The molecule has 0 radical (unpaired) electrons. The third-order valence-corrected chi connectivity index (χ3v) is 23.1. The number of rotatable bonds is 9. The number of anilines is 9. The molecule has 0 spiro atoms. The third-order valence-electron chi connectivity index (χ3n) is 23.1. The van der Waals surface area contributed by atoms with Crippen LogP contribution in [0, 0.1) is 20.8 Å². The van der Waals surface area contributed by atoms with Gasteiger partial charge in [0.15, 0.2) is 0 Å². The summed E-state index contributed by atoms with van der Waals surface area (Å²) >= 11 is 0. The second-order valence-electron chi connectivity index (χ2n) is 30.5. The lowest BCUT2D eigenvalue weighted by molar-refractivity contribution is 0.594. The third kappa shape index (κ3) is 7.68. The Kier molecular flexibility index (Phi) is 11.6. The summed E-state index contributed by atoms with van der Waals surface area (Å²) in [6, 6.07) is 91.7. The molecule has 3 aliphatic carbocycles. The Labute approximate surface area is 554 Å². The van der Waals surface area contributed by atoms with Gasteiger partial charge in [-0.2, -0.15) is 0 Å². The fourth-order valence-electron chi connectivity index (χ4n) is 17.8. The number of aromatic nitrogens is 1. The van der Waals surface area contributed by atoms with E-state index in [9.17, 15) is 0 Å². The highest BCUT2D eigenvalue weighted by Gasteiger charge is 2.47. The topological polar surface area (TPSA) is 14.7 Å². The van der Waals surface area contributed by atoms with Crippen LogP contribution in [-0.2, 0) is 27.1 Å². The summed E-state index contributed by atoms with van der Waals surface area (Å²) in [5.41, 5.74) is 37.7. The highest BCUT2D eigenvalue weighted by atomic mass is 15.2. The predicted octanol–water partition coefficient (Wildman–Crippen LogP) is 24.3. The molecule has 3 heterocycles. The van der Waals surface area contributed by atoms with Crippen LogP contribution in [0.3, 0.4) is 0 Å². The molecule has 12 aromatic carbocycles. The number of hydrogen-bond donors (Lipinski definition) is 0. The molecule has 0 fully saturated rings. The van der Waals surface area contributed by atoms with E-state index in [1.54, 1.807) is 0 Å². The van der Waals surface area contributed by atoms with E-state index in [1.165, 1.54) is 133 Å². The van der Waals surface area contributed by atoms with E-state index in [0.29, 0.717) is 0 Å². The van der Waals surface area contributed by atoms with Gasteiger partial charge in [-0.25, -0.2) is 0 Å². The average molecular weight is 1220 g/mol. The van der Waals surface area contributed by atoms with Crippen molar-refractivity contribution in [1.82, 2.24) is 4.57 Å². The van der Waals surface area contributed by atoms with E-state index in [1.807, 2.05) is 0 Å². The summed E-state index contributed by atoms with van der Waals surface area (Å²) < 4.78 is 2.72. The van der Waals surface area contributed by atoms with Crippen molar-refractivity contribution in [2.24, 2.45) is 0 Å². The van der Waals surface area contributed by atoms with Gasteiger partial charge in [0.05, 0.1) is 16.7 Å². The Morgan fingerprint density at radius 3 is 0.787 bits per heavy atom. The van der Waals surface area contributed by atoms with Crippen molar-refractivity contribution in [2.45, 2.75) is 117 Å². The highest BCUT2D eigenvalue weighted by molar-refractivity contribution is 6.17. The van der Waals surface area contributed by atoms with Crippen molar-refractivity contribution in [3.8, 4) is 39.1 Å². The molecule has 0 saturated heterocycles. The number of hydrogen-bond acceptors (Lipinski definition) is 3. The minimum atomic E-state index is -0.487. The van der Waals surface area contributed by atoms with Crippen molar-refractivity contribution in [3.63, 3.8) is 0 Å². The van der Waals surface area contributed by atoms with Crippen molar-refractivity contribution < 1.29 is 0 Å². The fraction of sp³-hybridized carbons (Fsp3) is 0.200. The van der Waals surface area contributed by atoms with Gasteiger partial charge in [-0.05, 0) is 219 Å². The van der Waals surface area contributed by atoms with Gasteiger partial charge in [0.25, 0.3) is 0 Å². The molecular weight excluding hydrogens is 1140 g/mol. The normalized spacial score (nSPS) is 15.9. The number of fused-ring (bicyclic) bond motifs is 10. The molecule has 458 valence electrons. The Morgan fingerprint density at radius 2 is 0.468 bits per heavy atom. The monoisotopic (exact) mass is 1210 g/mol. The predicted molar refractivity (Wildman–Crippen MR) is 396 cm³/mol. The first-order valence-electron chi connectivity index (χ1n) is 33.8. The summed E-state index contributed by atoms with van der Waals surface area (Å²) in [5.74, 6) is 0. The zero-order chi connectivity index (χ0) is 64.4. The lowest BCUT2D eigenvalue weighted by Crippen LogP contribution is -2.34. The molecule has 0 N–H and O–H groups in total. The van der Waals surface area contributed by atoms with E-state index in [4.69, 9.17) is 0 Å². The smallest absolute Gasteiger partial charge is 0.0583 e. The number of nitrogens with zero attached hydrogens (tertiary/aromatic N) is 4. The maximum Gasteiger partial charge on any atom is 0.0583 e. The maximum atomic E-state index is 2.72. The van der Waals surface area contributed by atoms with Gasteiger partial charge in [0, 0.05) is 89.0 Å². The summed E-state index contributed by atoms with van der Waals surface area (Å²) in [6.07, 6.45) is 0. The van der Waals surface area contributed by atoms with Crippen LogP contribution in [0.2, 0.25) is 0 Å². The SMILES string of the molecule is Cc1ccc(N(c2ccc3c(c2)C(C)(C)c2ccccc2-3)c2cc3c4c(c2)C(C)(C)c2cc(N(c5ccc(C)cc5)c5ccc6c(c5)C(C)(C)c5ccccc5-6)cc5c6cc(N(c7ccc(C)cc7)c7ccc8c(c7)C(C)(C)c7ccccc7-8)cc(c6n-4c25)C3(C)C)cc1. The van der Waals surface area contributed by atoms with Crippen LogP contribution in [0.1, 0.15) is 142 Å². The minimum Gasteiger partial charge on any atom is -0.310 e. The molecule has 0 bridgehead atoms. The van der Waals surface area contributed by atoms with E-state index in [0.717, 1.165) is 51.2 Å². The summed E-state index contributed by atoms with van der Waals surface area (Å²) in [4.78, 5) is 7.66. The van der Waals surface area contributed by atoms with Crippen LogP contribution in [0.25, 0.3) is 60.9 Å². The largest absolute Gasteiger partial charge is 0.310 e. The van der Waals surface area contributed by atoms with Crippen LogP contribution < -0.4 is 14.7 Å². The molecule has 18 rings (SSSR count). The molecular formula is C90H78N4. The summed E-state index contributed by atoms with van der Waals surface area (Å²) in [6.45, 7) is 31.0. The van der Waals surface area contributed by atoms with Gasteiger partial charge in [0.1, 0.15) is 0 Å². The number of benzene rings is 12. The van der Waals surface area contributed by atoms with Crippen LogP contribution in [0.5, 0.6) is 0 Å². The van der Waals surface area contributed by atoms with E-state index < -0.39 is 10.8 Å². The first-order valence-corrected chi connectivity index (χ1v) is 33.8. The van der Waals surface area contributed by atoms with Crippen LogP contribution in [0.15, 0.2) is 237 Å². The Bertz CT molecular complexity index is 5180. The lowest BCUT2D eigenvalue weighted by Gasteiger charge is -2.44. The van der Waals surface area contributed by atoms with Gasteiger partial charge in [-0.15, -0.1) is 0 Å². The molecule has 5 aliphatic rings. The summed E-state index contributed by atoms with van der Waals surface area (Å²) in [5, 5.41) is 2.50. The van der Waals surface area contributed by atoms with Crippen molar-refractivity contribution in [2.75, 3.05) is 14.7 Å². The quantitative estimate of drug-likeness (QED) is 0.143. The zero-order valence-electron chi connectivity index (χ0n) is 56.3. The molecule has 0 saturated carbocycles. The van der Waals surface area contributed by atoms with Gasteiger partial charge in [-0.3, -0.25) is 0 Å². The zero-order valence-corrected chi connectivity index (χ0v) is 56.3. The first kappa shape index (κ1) is 56.6. The molecule has 1 aromatic heterocycles. The lowest BCUT2D eigenvalue weighted by atomic mass is 9.68. The number of aryl methyl sites for hydroxylation is 3. The molecule has 0 amide bonds. The standard InChI is InChI=1S/C90H78N4/c1-53-26-32-56(33-27-53)91(59-38-41-68-65-20-14-17-23-73(65)86(4,5)76(68)46-59)62-44-71-72-45-63(92(57-34-28-54(2)29-35-57)60-39-42-69-66-21-15-18-24-74(66)87(6,7)77(69)47-60)50-80-84(72)94-83(71)79(49-62)89(10,11)81-51-64(52-82(85(81)94)90(80,12)13)93(58-36-30-55(3)31-37-58)61-40-43-70-67-22-16-19-25-75(67)88(8,9)78(70)48-61/h14-52H,1-13H3. The Hall–Kier alpha value is -10.2. The molecule has 94 heavy (non-hydrogen) atoms. The van der Waals surface area contributed by atoms with E-state index in [-0.39, 0.29) is 16.2 Å². The Balaban J connectivity index is 0.927. The van der Waals surface area contributed by atoms with Gasteiger partial charge in [0.2, 0.25) is 0 Å². The second kappa shape index (κ2) is 19.2. The first-order chi connectivity index (χ1) is 45.1. The molecule has 4 nitrogen and oxygen atoms in total.